The van der Waals surface area contributed by atoms with Crippen LogP contribution in [0.5, 0.6) is 0 Å². The molecule has 0 aromatic carbocycles. The molecule has 2 aromatic heterocycles. The number of hydrogen-bond acceptors (Lipinski definition) is 8. The van der Waals surface area contributed by atoms with E-state index in [4.69, 9.17) is 9.57 Å². The molecule has 0 saturated carbocycles. The summed E-state index contributed by atoms with van der Waals surface area (Å²) in [7, 11) is 1.45. The fraction of sp³-hybridized carbons (Fsp3) is 0.586. The van der Waals surface area contributed by atoms with Crippen LogP contribution in [-0.2, 0) is 16.1 Å². The van der Waals surface area contributed by atoms with Crippen molar-refractivity contribution in [3.8, 4) is 0 Å². The topological polar surface area (TPSA) is 116 Å². The summed E-state index contributed by atoms with van der Waals surface area (Å²) < 4.78 is 5.33. The van der Waals surface area contributed by atoms with Crippen LogP contribution >= 0.6 is 11.3 Å². The lowest BCUT2D eigenvalue weighted by molar-refractivity contribution is 0.0298. The number of aryl methyl sites for hydroxylation is 2. The van der Waals surface area contributed by atoms with Crippen LogP contribution < -0.4 is 10.8 Å². The van der Waals surface area contributed by atoms with E-state index in [-0.39, 0.29) is 29.9 Å². The summed E-state index contributed by atoms with van der Waals surface area (Å²) in [6.07, 6.45) is 2.55. The molecule has 4 heterocycles. The lowest BCUT2D eigenvalue weighted by Crippen LogP contribution is -2.51. The van der Waals surface area contributed by atoms with Crippen molar-refractivity contribution >= 4 is 29.2 Å². The number of amides is 4. The van der Waals surface area contributed by atoms with Gasteiger partial charge in [0.1, 0.15) is 5.69 Å². The summed E-state index contributed by atoms with van der Waals surface area (Å²) >= 11 is 1.62. The van der Waals surface area contributed by atoms with Crippen molar-refractivity contribution < 1.29 is 24.0 Å². The minimum absolute atomic E-state index is 0.127. The number of hydroxylamine groups is 1. The predicted octanol–water partition coefficient (Wildman–Crippen LogP) is 2.98. The summed E-state index contributed by atoms with van der Waals surface area (Å²) in [5.74, 6) is -0.296. The van der Waals surface area contributed by atoms with Gasteiger partial charge in [0.15, 0.2) is 0 Å². The van der Waals surface area contributed by atoms with Gasteiger partial charge in [0.25, 0.3) is 11.8 Å². The molecule has 2 aliphatic heterocycles. The maximum Gasteiger partial charge on any atom is 0.341 e. The highest BCUT2D eigenvalue weighted by Gasteiger charge is 2.30. The van der Waals surface area contributed by atoms with Crippen LogP contribution in [0.2, 0.25) is 0 Å². The molecule has 2 aromatic rings. The Kier molecular flexibility index (Phi) is 11.1. The van der Waals surface area contributed by atoms with Crippen molar-refractivity contribution in [1.82, 2.24) is 30.5 Å². The number of urea groups is 1. The molecule has 4 amide bonds. The SMILES string of the molecule is CONC(=O)N(Cc1ccsc1)C1CCN([C@H](C)CCNC(=O)c2c(C)cc(C(=O)N3CCOCC3)nc2C)CC1. The van der Waals surface area contributed by atoms with Crippen molar-refractivity contribution in [1.29, 1.82) is 0 Å². The van der Waals surface area contributed by atoms with Crippen LogP contribution in [0.25, 0.3) is 0 Å². The van der Waals surface area contributed by atoms with Gasteiger partial charge in [0, 0.05) is 51.4 Å². The van der Waals surface area contributed by atoms with E-state index >= 15 is 0 Å². The summed E-state index contributed by atoms with van der Waals surface area (Å²) in [6.45, 7) is 10.8. The smallest absolute Gasteiger partial charge is 0.341 e. The van der Waals surface area contributed by atoms with Crippen LogP contribution in [0.3, 0.4) is 0 Å². The largest absolute Gasteiger partial charge is 0.378 e. The van der Waals surface area contributed by atoms with Gasteiger partial charge < -0.3 is 24.8 Å². The molecule has 2 aliphatic rings. The highest BCUT2D eigenvalue weighted by atomic mass is 32.1. The third-order valence-corrected chi connectivity index (χ3v) is 8.67. The second-order valence-electron chi connectivity index (χ2n) is 10.7. The zero-order valence-corrected chi connectivity index (χ0v) is 25.3. The molecule has 41 heavy (non-hydrogen) atoms. The molecule has 11 nitrogen and oxygen atoms in total. The van der Waals surface area contributed by atoms with Gasteiger partial charge in [-0.1, -0.05) is 0 Å². The number of nitrogens with zero attached hydrogens (tertiary/aromatic N) is 4. The molecule has 1 atom stereocenters. The van der Waals surface area contributed by atoms with E-state index in [0.29, 0.717) is 56.3 Å². The number of likely N-dealkylation sites (tertiary alicyclic amines) is 1. The highest BCUT2D eigenvalue weighted by Crippen LogP contribution is 2.22. The molecule has 0 unspecified atom stereocenters. The Morgan fingerprint density at radius 2 is 1.93 bits per heavy atom. The van der Waals surface area contributed by atoms with Crippen LogP contribution in [0.1, 0.15) is 63.9 Å². The minimum Gasteiger partial charge on any atom is -0.378 e. The maximum absolute atomic E-state index is 13.1. The highest BCUT2D eigenvalue weighted by molar-refractivity contribution is 7.07. The van der Waals surface area contributed by atoms with E-state index in [1.54, 1.807) is 29.2 Å². The quantitative estimate of drug-likeness (QED) is 0.411. The predicted molar refractivity (Wildman–Crippen MR) is 157 cm³/mol. The number of aromatic nitrogens is 1. The van der Waals surface area contributed by atoms with Gasteiger partial charge in [-0.3, -0.25) is 14.4 Å². The number of hydrogen-bond donors (Lipinski definition) is 2. The third kappa shape index (κ3) is 8.03. The lowest BCUT2D eigenvalue weighted by atomic mass is 10.0. The lowest BCUT2D eigenvalue weighted by Gasteiger charge is -2.40. The first-order valence-corrected chi connectivity index (χ1v) is 15.2. The van der Waals surface area contributed by atoms with Crippen LogP contribution in [-0.4, -0.2) is 103 Å². The van der Waals surface area contributed by atoms with Gasteiger partial charge in [0.05, 0.1) is 31.6 Å². The molecule has 2 fully saturated rings. The summed E-state index contributed by atoms with van der Waals surface area (Å²) in [4.78, 5) is 54.0. The third-order valence-electron chi connectivity index (χ3n) is 7.94. The normalized spacial score (nSPS) is 17.2. The second kappa shape index (κ2) is 14.7. The van der Waals surface area contributed by atoms with E-state index in [2.05, 4.69) is 33.0 Å². The first kappa shape index (κ1) is 30.9. The Morgan fingerprint density at radius 1 is 1.20 bits per heavy atom. The van der Waals surface area contributed by atoms with Gasteiger partial charge in [-0.05, 0) is 74.1 Å². The Hall–Kier alpha value is -3.06. The Bertz CT molecular complexity index is 1160. The Labute approximate surface area is 246 Å². The number of rotatable bonds is 10. The van der Waals surface area contributed by atoms with E-state index in [1.807, 2.05) is 23.3 Å². The molecule has 224 valence electrons. The summed E-state index contributed by atoms with van der Waals surface area (Å²) in [5, 5.41) is 7.14. The number of morpholine rings is 1. The first-order valence-electron chi connectivity index (χ1n) is 14.3. The zero-order chi connectivity index (χ0) is 29.4. The number of carbonyl (C=O) groups is 3. The number of thiophene rings is 1. The Morgan fingerprint density at radius 3 is 2.56 bits per heavy atom. The van der Waals surface area contributed by atoms with Crippen molar-refractivity contribution in [2.45, 2.75) is 58.7 Å². The number of nitrogens with one attached hydrogen (secondary N) is 2. The summed E-state index contributed by atoms with van der Waals surface area (Å²) in [6, 6.07) is 3.95. The van der Waals surface area contributed by atoms with E-state index in [9.17, 15) is 14.4 Å². The standard InChI is InChI=1S/C29H42N6O5S/c1-20-17-25(28(37)34-12-14-40-15-13-34)31-22(3)26(20)27(36)30-9-5-21(2)33-10-6-24(7-11-33)35(29(38)32-39-4)18-23-8-16-41-19-23/h8,16-17,19,21,24H,5-7,9-15,18H2,1-4H3,(H,30,36)(H,32,38)/t21-/m1/s1. The van der Waals surface area contributed by atoms with Gasteiger partial charge in [0.2, 0.25) is 0 Å². The van der Waals surface area contributed by atoms with Gasteiger partial charge in [-0.25, -0.2) is 15.3 Å². The van der Waals surface area contributed by atoms with E-state index in [1.165, 1.54) is 7.11 Å². The zero-order valence-electron chi connectivity index (χ0n) is 24.5. The monoisotopic (exact) mass is 586 g/mol. The average Bonchev–Trinajstić information content (AvgIpc) is 3.49. The first-order chi connectivity index (χ1) is 19.8. The van der Waals surface area contributed by atoms with E-state index < -0.39 is 0 Å². The molecule has 0 bridgehead atoms. The molecular formula is C29H42N6O5S. The molecule has 2 N–H and O–H groups in total. The second-order valence-corrected chi connectivity index (χ2v) is 11.5. The van der Waals surface area contributed by atoms with Crippen LogP contribution in [0.15, 0.2) is 22.9 Å². The minimum atomic E-state index is -0.216. The van der Waals surface area contributed by atoms with Crippen LogP contribution in [0.4, 0.5) is 4.79 Å². The number of carbonyl (C=O) groups excluding carboxylic acids is 3. The van der Waals surface area contributed by atoms with Crippen molar-refractivity contribution in [2.75, 3.05) is 53.0 Å². The Balaban J connectivity index is 1.26. The molecule has 2 saturated heterocycles. The van der Waals surface area contributed by atoms with Crippen molar-refractivity contribution in [3.63, 3.8) is 0 Å². The molecule has 0 aliphatic carbocycles. The molecule has 4 rings (SSSR count). The van der Waals surface area contributed by atoms with Gasteiger partial charge >= 0.3 is 6.03 Å². The fourth-order valence-electron chi connectivity index (χ4n) is 5.61. The van der Waals surface area contributed by atoms with E-state index in [0.717, 1.165) is 43.5 Å². The molecule has 12 heteroatoms. The summed E-state index contributed by atoms with van der Waals surface area (Å²) in [5.41, 5.74) is 5.79. The van der Waals surface area contributed by atoms with Gasteiger partial charge in [-0.15, -0.1) is 0 Å². The van der Waals surface area contributed by atoms with Crippen LogP contribution in [0, 0.1) is 13.8 Å². The fourth-order valence-corrected chi connectivity index (χ4v) is 6.27. The number of ether oxygens (including phenoxy) is 1. The van der Waals surface area contributed by atoms with Gasteiger partial charge in [-0.2, -0.15) is 11.3 Å². The van der Waals surface area contributed by atoms with Crippen molar-refractivity contribution in [2.24, 2.45) is 0 Å². The average molecular weight is 587 g/mol. The molecular weight excluding hydrogens is 544 g/mol. The molecule has 0 radical (unpaired) electrons. The van der Waals surface area contributed by atoms with Crippen molar-refractivity contribution in [3.05, 3.63) is 51.0 Å². The molecule has 0 spiro atoms. The maximum atomic E-state index is 13.1. The number of pyridine rings is 1. The number of piperidine rings is 1.